The van der Waals surface area contributed by atoms with Gasteiger partial charge in [0.2, 0.25) is 0 Å². The van der Waals surface area contributed by atoms with E-state index in [-0.39, 0.29) is 29.4 Å². The third-order valence-electron chi connectivity index (χ3n) is 1.82. The molecule has 0 saturated heterocycles. The summed E-state index contributed by atoms with van der Waals surface area (Å²) in [5.41, 5.74) is -3.59. The van der Waals surface area contributed by atoms with E-state index in [0.717, 1.165) is 0 Å². The predicted molar refractivity (Wildman–Crippen MR) is 57.4 cm³/mol. The largest absolute Gasteiger partial charge is 0.441 e. The highest BCUT2D eigenvalue weighted by Crippen LogP contribution is 2.30. The van der Waals surface area contributed by atoms with Crippen molar-refractivity contribution in [1.82, 2.24) is 15.0 Å². The number of hydrogen-bond acceptors (Lipinski definition) is 3. The first-order valence-electron chi connectivity index (χ1n) is 4.67. The molecule has 0 aliphatic rings. The molecule has 0 aromatic carbocycles. The van der Waals surface area contributed by atoms with Crippen LogP contribution in [0.5, 0.6) is 0 Å². The summed E-state index contributed by atoms with van der Waals surface area (Å²) in [5.74, 6) is -0.0780. The van der Waals surface area contributed by atoms with Gasteiger partial charge in [-0.25, -0.2) is 0 Å². The molecule has 0 radical (unpaired) electrons. The molecule has 0 amide bonds. The summed E-state index contributed by atoms with van der Waals surface area (Å²) in [5, 5.41) is 7.27. The maximum atomic E-state index is 11.8. The minimum absolute atomic E-state index is 0.0698. The second-order valence-corrected chi connectivity index (χ2v) is 4.76. The molecule has 0 N–H and O–H groups in total. The smallest absolute Gasteiger partial charge is 0.251 e. The van der Waals surface area contributed by atoms with Gasteiger partial charge in [-0.15, -0.1) is 16.7 Å². The van der Waals surface area contributed by atoms with Crippen LogP contribution >= 0.6 is 23.4 Å². The number of aryl methyl sites for hydroxylation is 1. The first kappa shape index (κ1) is 13.6. The fourth-order valence-corrected chi connectivity index (χ4v) is 1.64. The molecule has 8 heteroatoms. The van der Waals surface area contributed by atoms with E-state index in [1.165, 1.54) is 4.68 Å². The number of thioether (sulfide) groups is 1. The molecule has 1 atom stereocenters. The summed E-state index contributed by atoms with van der Waals surface area (Å²) in [4.78, 5) is 0. The minimum Gasteiger partial charge on any atom is -0.251 e. The van der Waals surface area contributed by atoms with E-state index < -0.39 is 5.51 Å². The molecule has 0 saturated carbocycles. The quantitative estimate of drug-likeness (QED) is 0.772. The van der Waals surface area contributed by atoms with Crippen LogP contribution in [0.15, 0.2) is 6.20 Å². The number of alkyl halides is 4. The van der Waals surface area contributed by atoms with Crippen LogP contribution < -0.4 is 0 Å². The lowest BCUT2D eigenvalue weighted by Gasteiger charge is -2.04. The molecule has 92 valence electrons. The fourth-order valence-electron chi connectivity index (χ4n) is 1.03. The summed E-state index contributed by atoms with van der Waals surface area (Å²) in [6, 6.07) is 0. The monoisotopic (exact) mass is 273 g/mol. The number of nitrogens with zero attached hydrogens (tertiary/aromatic N) is 3. The molecule has 0 spiro atoms. The molecule has 1 unspecified atom stereocenters. The Morgan fingerprint density at radius 3 is 2.81 bits per heavy atom. The molecule has 1 aromatic rings. The van der Waals surface area contributed by atoms with Crippen molar-refractivity contribution in [1.29, 1.82) is 0 Å². The number of rotatable bonds is 5. The van der Waals surface area contributed by atoms with E-state index in [0.29, 0.717) is 12.1 Å². The van der Waals surface area contributed by atoms with Gasteiger partial charge < -0.3 is 0 Å². The van der Waals surface area contributed by atoms with Gasteiger partial charge in [0.1, 0.15) is 5.69 Å². The SMILES string of the molecule is CCC(Cl)c1cn(CCSC(F)(F)F)nn1. The van der Waals surface area contributed by atoms with Crippen LogP contribution in [0.3, 0.4) is 0 Å². The lowest BCUT2D eigenvalue weighted by molar-refractivity contribution is -0.0328. The normalized spacial score (nSPS) is 14.1. The summed E-state index contributed by atoms with van der Waals surface area (Å²) >= 11 is 5.84. The number of hydrogen-bond donors (Lipinski definition) is 0. The van der Waals surface area contributed by atoms with Gasteiger partial charge in [-0.1, -0.05) is 12.1 Å². The Morgan fingerprint density at radius 2 is 2.25 bits per heavy atom. The van der Waals surface area contributed by atoms with Crippen LogP contribution in [0.2, 0.25) is 0 Å². The lowest BCUT2D eigenvalue weighted by Crippen LogP contribution is -2.07. The standard InChI is InChI=1S/C8H11ClF3N3S/c1-2-6(9)7-5-15(14-13-7)3-4-16-8(10,11)12/h5-6H,2-4H2,1H3. The Labute approximate surface area is 100 Å². The third kappa shape index (κ3) is 4.61. The van der Waals surface area contributed by atoms with Crippen molar-refractivity contribution in [2.75, 3.05) is 5.75 Å². The molecular weight excluding hydrogens is 263 g/mol. The van der Waals surface area contributed by atoms with Crippen LogP contribution in [0.4, 0.5) is 13.2 Å². The van der Waals surface area contributed by atoms with E-state index >= 15 is 0 Å². The highest BCUT2D eigenvalue weighted by atomic mass is 35.5. The molecule has 0 aliphatic carbocycles. The van der Waals surface area contributed by atoms with Gasteiger partial charge in [-0.2, -0.15) is 13.2 Å². The van der Waals surface area contributed by atoms with E-state index in [1.54, 1.807) is 6.20 Å². The molecule has 0 bridgehead atoms. The fraction of sp³-hybridized carbons (Fsp3) is 0.750. The van der Waals surface area contributed by atoms with Gasteiger partial charge in [0.15, 0.2) is 0 Å². The molecule has 1 rings (SSSR count). The second-order valence-electron chi connectivity index (χ2n) is 3.08. The highest BCUT2D eigenvalue weighted by molar-refractivity contribution is 8.00. The molecule has 3 nitrogen and oxygen atoms in total. The van der Waals surface area contributed by atoms with Gasteiger partial charge in [-0.3, -0.25) is 4.68 Å². The van der Waals surface area contributed by atoms with Gasteiger partial charge in [0.25, 0.3) is 0 Å². The van der Waals surface area contributed by atoms with E-state index in [1.807, 2.05) is 6.92 Å². The molecular formula is C8H11ClF3N3S. The Bertz CT molecular complexity index is 329. The summed E-state index contributed by atoms with van der Waals surface area (Å²) in [7, 11) is 0. The Kier molecular flexibility index (Phi) is 4.91. The zero-order valence-corrected chi connectivity index (χ0v) is 10.1. The average Bonchev–Trinajstić information content (AvgIpc) is 2.63. The van der Waals surface area contributed by atoms with Gasteiger partial charge >= 0.3 is 5.51 Å². The van der Waals surface area contributed by atoms with E-state index in [9.17, 15) is 13.2 Å². The predicted octanol–water partition coefficient (Wildman–Crippen LogP) is 3.22. The van der Waals surface area contributed by atoms with E-state index in [2.05, 4.69) is 10.3 Å². The van der Waals surface area contributed by atoms with Gasteiger partial charge in [0.05, 0.1) is 11.9 Å². The molecule has 1 aromatic heterocycles. The van der Waals surface area contributed by atoms with Crippen LogP contribution in [-0.2, 0) is 6.54 Å². The Balaban J connectivity index is 2.41. The van der Waals surface area contributed by atoms with Crippen molar-refractivity contribution in [2.24, 2.45) is 0 Å². The summed E-state index contributed by atoms with van der Waals surface area (Å²) in [6.45, 7) is 2.07. The first-order chi connectivity index (χ1) is 7.42. The molecule has 16 heavy (non-hydrogen) atoms. The van der Waals surface area contributed by atoms with Crippen LogP contribution in [-0.4, -0.2) is 26.3 Å². The van der Waals surface area contributed by atoms with Gasteiger partial charge in [-0.05, 0) is 18.2 Å². The second kappa shape index (κ2) is 5.77. The van der Waals surface area contributed by atoms with Crippen molar-refractivity contribution in [2.45, 2.75) is 30.8 Å². The zero-order valence-electron chi connectivity index (χ0n) is 8.54. The minimum atomic E-state index is -4.19. The van der Waals surface area contributed by atoms with Gasteiger partial charge in [0, 0.05) is 11.9 Å². The maximum Gasteiger partial charge on any atom is 0.441 e. The first-order valence-corrected chi connectivity index (χ1v) is 6.09. The van der Waals surface area contributed by atoms with E-state index in [4.69, 9.17) is 11.6 Å². The van der Waals surface area contributed by atoms with Crippen LogP contribution in [0.25, 0.3) is 0 Å². The summed E-state index contributed by atoms with van der Waals surface area (Å²) in [6.07, 6.45) is 2.29. The lowest BCUT2D eigenvalue weighted by atomic mass is 10.3. The molecule has 1 heterocycles. The highest BCUT2D eigenvalue weighted by Gasteiger charge is 2.27. The van der Waals surface area contributed by atoms with Crippen molar-refractivity contribution >= 4 is 23.4 Å². The molecule has 0 fully saturated rings. The zero-order chi connectivity index (χ0) is 12.2. The van der Waals surface area contributed by atoms with Crippen molar-refractivity contribution in [3.05, 3.63) is 11.9 Å². The van der Waals surface area contributed by atoms with Crippen molar-refractivity contribution in [3.63, 3.8) is 0 Å². The van der Waals surface area contributed by atoms with Crippen molar-refractivity contribution < 1.29 is 13.2 Å². The number of aromatic nitrogens is 3. The van der Waals surface area contributed by atoms with Crippen molar-refractivity contribution in [3.8, 4) is 0 Å². The third-order valence-corrected chi connectivity index (χ3v) is 3.07. The van der Waals surface area contributed by atoms with Crippen LogP contribution in [0, 0.1) is 0 Å². The molecule has 0 aliphatic heterocycles. The topological polar surface area (TPSA) is 30.7 Å². The van der Waals surface area contributed by atoms with Crippen LogP contribution in [0.1, 0.15) is 24.4 Å². The maximum absolute atomic E-state index is 11.8. The number of halogens is 4. The Morgan fingerprint density at radius 1 is 1.56 bits per heavy atom. The summed E-state index contributed by atoms with van der Waals surface area (Å²) < 4.78 is 36.9. The Hall–Kier alpha value is -0.430. The average molecular weight is 274 g/mol.